The molecule has 144 valence electrons. The maximum Gasteiger partial charge on any atom is 0.315 e. The first-order chi connectivity index (χ1) is 12.9. The van der Waals surface area contributed by atoms with Crippen LogP contribution in [0.25, 0.3) is 11.1 Å². The molecule has 1 atom stereocenters. The second-order valence-electron chi connectivity index (χ2n) is 6.20. The van der Waals surface area contributed by atoms with E-state index in [4.69, 9.17) is 11.6 Å². The Kier molecular flexibility index (Phi) is 6.47. The van der Waals surface area contributed by atoms with Crippen LogP contribution in [0, 0.1) is 0 Å². The van der Waals surface area contributed by atoms with Gasteiger partial charge in [-0.25, -0.2) is 8.42 Å². The molecule has 3 rings (SSSR count). The van der Waals surface area contributed by atoms with Crippen molar-refractivity contribution in [2.24, 2.45) is 0 Å². The number of nitrogens with zero attached hydrogens (tertiary/aromatic N) is 1. The number of carbonyl (C=O) groups excluding carboxylic acids is 1. The SMILES string of the molecule is COC(=O)CS[C@@H]1CCN(S(=O)(=O)c2cccc(-c3ccc(Cl)cc3)c2)C1. The van der Waals surface area contributed by atoms with E-state index >= 15 is 0 Å². The second-order valence-corrected chi connectivity index (χ2v) is 9.86. The largest absolute Gasteiger partial charge is 0.468 e. The van der Waals surface area contributed by atoms with E-state index in [-0.39, 0.29) is 21.9 Å². The van der Waals surface area contributed by atoms with Crippen molar-refractivity contribution in [1.29, 1.82) is 0 Å². The highest BCUT2D eigenvalue weighted by molar-refractivity contribution is 8.00. The van der Waals surface area contributed by atoms with Gasteiger partial charge < -0.3 is 4.74 Å². The van der Waals surface area contributed by atoms with Gasteiger partial charge in [0, 0.05) is 23.4 Å². The molecule has 0 radical (unpaired) electrons. The van der Waals surface area contributed by atoms with Crippen molar-refractivity contribution in [3.8, 4) is 11.1 Å². The van der Waals surface area contributed by atoms with Crippen LogP contribution in [-0.4, -0.2) is 49.9 Å². The summed E-state index contributed by atoms with van der Waals surface area (Å²) in [7, 11) is -2.23. The quantitative estimate of drug-likeness (QED) is 0.660. The Bertz CT molecular complexity index is 916. The van der Waals surface area contributed by atoms with E-state index in [1.165, 1.54) is 23.2 Å². The number of carbonyl (C=O) groups is 1. The minimum Gasteiger partial charge on any atom is -0.468 e. The number of thioether (sulfide) groups is 1. The van der Waals surface area contributed by atoms with E-state index in [9.17, 15) is 13.2 Å². The van der Waals surface area contributed by atoms with Gasteiger partial charge in [-0.3, -0.25) is 4.79 Å². The fraction of sp³-hybridized carbons (Fsp3) is 0.316. The van der Waals surface area contributed by atoms with Gasteiger partial charge in [-0.05, 0) is 41.8 Å². The molecule has 2 aromatic carbocycles. The first kappa shape index (κ1) is 20.2. The van der Waals surface area contributed by atoms with Crippen LogP contribution in [0.15, 0.2) is 53.4 Å². The molecule has 0 bridgehead atoms. The summed E-state index contributed by atoms with van der Waals surface area (Å²) in [5.74, 6) is -0.0573. The molecule has 0 spiro atoms. The molecular weight excluding hydrogens is 406 g/mol. The summed E-state index contributed by atoms with van der Waals surface area (Å²) in [5, 5.41) is 0.730. The summed E-state index contributed by atoms with van der Waals surface area (Å²) < 4.78 is 32.2. The molecule has 1 aliphatic rings. The molecule has 0 aliphatic carbocycles. The number of halogens is 1. The fourth-order valence-corrected chi connectivity index (χ4v) is 5.74. The minimum atomic E-state index is -3.58. The van der Waals surface area contributed by atoms with Crippen LogP contribution in [-0.2, 0) is 19.6 Å². The first-order valence-electron chi connectivity index (χ1n) is 8.45. The summed E-state index contributed by atoms with van der Waals surface area (Å²) in [4.78, 5) is 11.6. The first-order valence-corrected chi connectivity index (χ1v) is 11.3. The van der Waals surface area contributed by atoms with Crippen LogP contribution in [0.5, 0.6) is 0 Å². The molecule has 1 fully saturated rings. The van der Waals surface area contributed by atoms with Crippen molar-refractivity contribution < 1.29 is 17.9 Å². The number of benzene rings is 2. The van der Waals surface area contributed by atoms with Crippen molar-refractivity contribution in [3.05, 3.63) is 53.6 Å². The van der Waals surface area contributed by atoms with Gasteiger partial charge in [0.05, 0.1) is 17.8 Å². The van der Waals surface area contributed by atoms with Crippen molar-refractivity contribution in [1.82, 2.24) is 4.31 Å². The highest BCUT2D eigenvalue weighted by Gasteiger charge is 2.33. The zero-order chi connectivity index (χ0) is 19.4. The Balaban J connectivity index is 1.75. The number of hydrogen-bond donors (Lipinski definition) is 0. The Morgan fingerprint density at radius 1 is 1.22 bits per heavy atom. The molecule has 27 heavy (non-hydrogen) atoms. The van der Waals surface area contributed by atoms with E-state index in [1.54, 1.807) is 30.3 Å². The van der Waals surface area contributed by atoms with Crippen LogP contribution in [0.4, 0.5) is 0 Å². The number of methoxy groups -OCH3 is 1. The highest BCUT2D eigenvalue weighted by Crippen LogP contribution is 2.30. The lowest BCUT2D eigenvalue weighted by atomic mass is 10.1. The molecule has 5 nitrogen and oxygen atoms in total. The summed E-state index contributed by atoms with van der Waals surface area (Å²) in [5.41, 5.74) is 1.73. The third-order valence-corrected chi connectivity index (χ3v) is 7.79. The van der Waals surface area contributed by atoms with Gasteiger partial charge in [0.15, 0.2) is 0 Å². The van der Waals surface area contributed by atoms with Gasteiger partial charge in [-0.1, -0.05) is 35.9 Å². The zero-order valence-electron chi connectivity index (χ0n) is 14.8. The standard InChI is InChI=1S/C19H20ClNO4S2/c1-25-19(22)13-26-17-9-10-21(12-17)27(23,24)18-4-2-3-15(11-18)14-5-7-16(20)8-6-14/h2-8,11,17H,9-10,12-13H2,1H3/t17-/m1/s1. The smallest absolute Gasteiger partial charge is 0.315 e. The molecule has 0 amide bonds. The molecule has 0 saturated carbocycles. The maximum absolute atomic E-state index is 13.0. The summed E-state index contributed by atoms with van der Waals surface area (Å²) >= 11 is 7.36. The minimum absolute atomic E-state index is 0.0957. The highest BCUT2D eigenvalue weighted by atomic mass is 35.5. The Morgan fingerprint density at radius 2 is 1.96 bits per heavy atom. The predicted molar refractivity (Wildman–Crippen MR) is 109 cm³/mol. The van der Waals surface area contributed by atoms with Crippen LogP contribution in [0.2, 0.25) is 5.02 Å². The van der Waals surface area contributed by atoms with Gasteiger partial charge in [0.25, 0.3) is 0 Å². The monoisotopic (exact) mass is 425 g/mol. The van der Waals surface area contributed by atoms with Gasteiger partial charge in [-0.2, -0.15) is 4.31 Å². The Hall–Kier alpha value is -1.54. The third kappa shape index (κ3) is 4.85. The normalized spacial score (nSPS) is 17.8. The number of sulfonamides is 1. The molecule has 0 aromatic heterocycles. The molecule has 0 N–H and O–H groups in total. The topological polar surface area (TPSA) is 63.7 Å². The molecule has 0 unspecified atom stereocenters. The molecule has 2 aromatic rings. The summed E-state index contributed by atoms with van der Waals surface area (Å²) in [6, 6.07) is 14.2. The number of ether oxygens (including phenoxy) is 1. The van der Waals surface area contributed by atoms with Crippen molar-refractivity contribution in [2.45, 2.75) is 16.6 Å². The molecule has 1 saturated heterocycles. The van der Waals surface area contributed by atoms with Crippen LogP contribution < -0.4 is 0 Å². The average Bonchev–Trinajstić information content (AvgIpc) is 3.16. The van der Waals surface area contributed by atoms with Gasteiger partial charge in [-0.15, -0.1) is 11.8 Å². The van der Waals surface area contributed by atoms with Crippen LogP contribution >= 0.6 is 23.4 Å². The third-order valence-electron chi connectivity index (χ3n) is 4.42. The van der Waals surface area contributed by atoms with E-state index in [0.29, 0.717) is 18.1 Å². The second kappa shape index (κ2) is 8.65. The predicted octanol–water partition coefficient (Wildman–Crippen LogP) is 3.68. The number of rotatable bonds is 6. The van der Waals surface area contributed by atoms with Crippen molar-refractivity contribution in [3.63, 3.8) is 0 Å². The lowest BCUT2D eigenvalue weighted by molar-refractivity contribution is -0.137. The van der Waals surface area contributed by atoms with Gasteiger partial charge in [0.2, 0.25) is 10.0 Å². The Labute approximate surface area is 168 Å². The number of esters is 1. The lowest BCUT2D eigenvalue weighted by Gasteiger charge is -2.17. The number of hydrogen-bond acceptors (Lipinski definition) is 5. The summed E-state index contributed by atoms with van der Waals surface area (Å²) in [6.45, 7) is 0.849. The Morgan fingerprint density at radius 3 is 2.67 bits per heavy atom. The maximum atomic E-state index is 13.0. The lowest BCUT2D eigenvalue weighted by Crippen LogP contribution is -2.29. The van der Waals surface area contributed by atoms with Crippen LogP contribution in [0.1, 0.15) is 6.42 Å². The molecule has 1 aliphatic heterocycles. The van der Waals surface area contributed by atoms with Gasteiger partial charge >= 0.3 is 5.97 Å². The molecule has 1 heterocycles. The zero-order valence-corrected chi connectivity index (χ0v) is 17.2. The van der Waals surface area contributed by atoms with E-state index < -0.39 is 10.0 Å². The van der Waals surface area contributed by atoms with E-state index in [0.717, 1.165) is 17.5 Å². The average molecular weight is 426 g/mol. The van der Waals surface area contributed by atoms with E-state index in [2.05, 4.69) is 4.74 Å². The molecular formula is C19H20ClNO4S2. The fourth-order valence-electron chi connectivity index (χ4n) is 2.92. The van der Waals surface area contributed by atoms with Crippen LogP contribution in [0.3, 0.4) is 0 Å². The van der Waals surface area contributed by atoms with E-state index in [1.807, 2.05) is 18.2 Å². The summed E-state index contributed by atoms with van der Waals surface area (Å²) in [6.07, 6.45) is 0.720. The van der Waals surface area contributed by atoms with Crippen molar-refractivity contribution in [2.75, 3.05) is 26.0 Å². The van der Waals surface area contributed by atoms with Crippen molar-refractivity contribution >= 4 is 39.4 Å². The molecule has 8 heteroatoms. The van der Waals surface area contributed by atoms with Gasteiger partial charge in [0.1, 0.15) is 0 Å².